The molecule has 2 fully saturated rings. The number of ether oxygens (including phenoxy) is 1. The molecule has 4 heterocycles. The molecule has 0 aliphatic carbocycles. The van der Waals surface area contributed by atoms with Gasteiger partial charge < -0.3 is 19.5 Å². The summed E-state index contributed by atoms with van der Waals surface area (Å²) in [5, 5.41) is 3.07. The van der Waals surface area contributed by atoms with Crippen molar-refractivity contribution in [3.63, 3.8) is 0 Å². The van der Waals surface area contributed by atoms with Crippen LogP contribution in [0.2, 0.25) is 0 Å². The van der Waals surface area contributed by atoms with Crippen molar-refractivity contribution in [2.24, 2.45) is 7.05 Å². The van der Waals surface area contributed by atoms with Gasteiger partial charge in [0, 0.05) is 32.7 Å². The molecule has 0 saturated carbocycles. The van der Waals surface area contributed by atoms with Crippen LogP contribution in [0.25, 0.3) is 0 Å². The van der Waals surface area contributed by atoms with E-state index >= 15 is 0 Å². The van der Waals surface area contributed by atoms with E-state index in [-0.39, 0.29) is 5.56 Å². The smallest absolute Gasteiger partial charge is 0.273 e. The van der Waals surface area contributed by atoms with E-state index < -0.39 is 0 Å². The molecular formula is C19H24BN5O2. The Labute approximate surface area is 160 Å². The first kappa shape index (κ1) is 18.1. The molecule has 1 atom stereocenters. The number of aromatic nitrogens is 2. The summed E-state index contributed by atoms with van der Waals surface area (Å²) in [5.41, 5.74) is 1.90. The second kappa shape index (κ2) is 7.36. The fourth-order valence-electron chi connectivity index (χ4n) is 3.73. The van der Waals surface area contributed by atoms with Crippen LogP contribution in [0.15, 0.2) is 35.4 Å². The summed E-state index contributed by atoms with van der Waals surface area (Å²) >= 11 is 0. The number of pyridine rings is 2. The highest BCUT2D eigenvalue weighted by Crippen LogP contribution is 2.23. The number of nitrogens with one attached hydrogen (secondary N) is 1. The van der Waals surface area contributed by atoms with E-state index in [0.717, 1.165) is 38.5 Å². The van der Waals surface area contributed by atoms with Crippen LogP contribution in [0.4, 0.5) is 17.2 Å². The van der Waals surface area contributed by atoms with E-state index in [2.05, 4.69) is 27.0 Å². The Bertz CT molecular complexity index is 865. The molecule has 0 aromatic carbocycles. The fraction of sp³-hybridized carbons (Fsp3) is 0.474. The van der Waals surface area contributed by atoms with Gasteiger partial charge in [0.25, 0.3) is 5.56 Å². The minimum absolute atomic E-state index is 0.139. The lowest BCUT2D eigenvalue weighted by molar-refractivity contribution is -0.0691. The van der Waals surface area contributed by atoms with Crippen molar-refractivity contribution in [2.75, 3.05) is 43.1 Å². The van der Waals surface area contributed by atoms with Crippen LogP contribution in [0.1, 0.15) is 6.92 Å². The Morgan fingerprint density at radius 3 is 2.74 bits per heavy atom. The van der Waals surface area contributed by atoms with Gasteiger partial charge in [0.15, 0.2) is 0 Å². The molecule has 2 aromatic heterocycles. The zero-order chi connectivity index (χ0) is 19.0. The Kier molecular flexibility index (Phi) is 4.93. The normalized spacial score (nSPS) is 21.1. The van der Waals surface area contributed by atoms with Gasteiger partial charge in [-0.3, -0.25) is 9.69 Å². The molecule has 2 radical (unpaired) electrons. The Morgan fingerprint density at radius 2 is 2.11 bits per heavy atom. The summed E-state index contributed by atoms with van der Waals surface area (Å²) in [4.78, 5) is 21.6. The van der Waals surface area contributed by atoms with Crippen molar-refractivity contribution < 1.29 is 4.74 Å². The zero-order valence-corrected chi connectivity index (χ0v) is 15.8. The molecule has 2 aliphatic heterocycles. The molecule has 2 aliphatic rings. The summed E-state index contributed by atoms with van der Waals surface area (Å²) in [6, 6.07) is 6.58. The number of aryl methyl sites for hydroxylation is 1. The second-order valence-electron chi connectivity index (χ2n) is 7.36. The average molecular weight is 365 g/mol. The van der Waals surface area contributed by atoms with Crippen LogP contribution in [0.3, 0.4) is 0 Å². The molecule has 0 spiro atoms. The Morgan fingerprint density at radius 1 is 1.30 bits per heavy atom. The van der Waals surface area contributed by atoms with Crippen molar-refractivity contribution in [1.29, 1.82) is 0 Å². The largest absolute Gasteiger partial charge is 0.378 e. The van der Waals surface area contributed by atoms with Crippen molar-refractivity contribution in [1.82, 2.24) is 14.5 Å². The molecule has 7 nitrogen and oxygen atoms in total. The van der Waals surface area contributed by atoms with Crippen LogP contribution in [0, 0.1) is 0 Å². The van der Waals surface area contributed by atoms with Gasteiger partial charge in [-0.25, -0.2) is 4.98 Å². The third-order valence-electron chi connectivity index (χ3n) is 5.34. The minimum Gasteiger partial charge on any atom is -0.378 e. The van der Waals surface area contributed by atoms with Crippen molar-refractivity contribution in [3.05, 3.63) is 40.9 Å². The molecule has 0 amide bonds. The molecule has 4 rings (SSSR count). The van der Waals surface area contributed by atoms with E-state index in [9.17, 15) is 4.79 Å². The van der Waals surface area contributed by atoms with Crippen LogP contribution < -0.4 is 21.2 Å². The zero-order valence-electron chi connectivity index (χ0n) is 15.8. The van der Waals surface area contributed by atoms with E-state index in [1.807, 2.05) is 18.3 Å². The molecular weight excluding hydrogens is 341 g/mol. The molecule has 8 heteroatoms. The van der Waals surface area contributed by atoms with Crippen molar-refractivity contribution in [3.8, 4) is 0 Å². The van der Waals surface area contributed by atoms with E-state index in [0.29, 0.717) is 29.1 Å². The lowest BCUT2D eigenvalue weighted by atomic mass is 9.98. The predicted octanol–water partition coefficient (Wildman–Crippen LogP) is 0.227. The molecule has 2 saturated heterocycles. The van der Waals surface area contributed by atoms with Gasteiger partial charge in [-0.2, -0.15) is 0 Å². The van der Waals surface area contributed by atoms with Crippen molar-refractivity contribution in [2.45, 2.75) is 19.0 Å². The maximum Gasteiger partial charge on any atom is 0.273 e. The molecule has 0 unspecified atom stereocenters. The topological polar surface area (TPSA) is 62.6 Å². The van der Waals surface area contributed by atoms with Crippen LogP contribution >= 0.6 is 0 Å². The fourth-order valence-corrected chi connectivity index (χ4v) is 3.73. The number of anilines is 3. The van der Waals surface area contributed by atoms with Gasteiger partial charge in [-0.1, -0.05) is 5.46 Å². The van der Waals surface area contributed by atoms with Crippen molar-refractivity contribution >= 4 is 30.5 Å². The minimum atomic E-state index is -0.139. The predicted molar refractivity (Wildman–Crippen MR) is 108 cm³/mol. The summed E-state index contributed by atoms with van der Waals surface area (Å²) in [6.07, 6.45) is 3.46. The number of hydrogen-bond donors (Lipinski definition) is 1. The van der Waals surface area contributed by atoms with Gasteiger partial charge in [0.2, 0.25) is 0 Å². The summed E-state index contributed by atoms with van der Waals surface area (Å²) < 4.78 is 6.77. The highest BCUT2D eigenvalue weighted by atomic mass is 16.5. The monoisotopic (exact) mass is 365 g/mol. The summed E-state index contributed by atoms with van der Waals surface area (Å²) in [5.74, 6) is 0.624. The summed E-state index contributed by atoms with van der Waals surface area (Å²) in [7, 11) is 7.50. The maximum atomic E-state index is 12.2. The lowest BCUT2D eigenvalue weighted by Crippen LogP contribution is -2.59. The van der Waals surface area contributed by atoms with Crippen LogP contribution in [-0.4, -0.2) is 67.2 Å². The number of hydrogen-bond acceptors (Lipinski definition) is 6. The number of piperazine rings is 1. The van der Waals surface area contributed by atoms with Gasteiger partial charge in [0.05, 0.1) is 31.1 Å². The lowest BCUT2D eigenvalue weighted by Gasteiger charge is -2.46. The SMILES string of the molecule is [B]c1cc(Nc2ccc(N3CCN(C4COC4)C[C@@H]3C)cn2)c(=O)n(C)c1. The van der Waals surface area contributed by atoms with Gasteiger partial charge in [-0.05, 0) is 31.3 Å². The molecule has 0 bridgehead atoms. The van der Waals surface area contributed by atoms with E-state index in [1.165, 1.54) is 4.57 Å². The number of rotatable bonds is 4. The standard InChI is InChI=1S/C19H24BN5O2/c1-13-9-24(16-11-27-12-16)5-6-25(13)15-3-4-18(21-8-15)22-17-7-14(20)10-23(2)19(17)26/h3-4,7-8,10,13,16H,5-6,9,11-12H2,1-2H3,(H,21,22)/t13-/m0/s1. The third kappa shape index (κ3) is 3.72. The number of nitrogens with zero attached hydrogens (tertiary/aromatic N) is 4. The molecule has 2 aromatic rings. The Hall–Kier alpha value is -2.32. The van der Waals surface area contributed by atoms with Gasteiger partial charge in [-0.15, -0.1) is 0 Å². The highest BCUT2D eigenvalue weighted by molar-refractivity contribution is 6.32. The Balaban J connectivity index is 1.44. The maximum absolute atomic E-state index is 12.2. The van der Waals surface area contributed by atoms with Crippen LogP contribution in [-0.2, 0) is 11.8 Å². The first-order valence-electron chi connectivity index (χ1n) is 9.29. The highest BCUT2D eigenvalue weighted by Gasteiger charge is 2.32. The first-order chi connectivity index (χ1) is 13.0. The quantitative estimate of drug-likeness (QED) is 0.783. The van der Waals surface area contributed by atoms with Gasteiger partial charge >= 0.3 is 0 Å². The molecule has 140 valence electrons. The average Bonchev–Trinajstić information content (AvgIpc) is 2.59. The summed E-state index contributed by atoms with van der Waals surface area (Å²) in [6.45, 7) is 7.01. The molecule has 27 heavy (non-hydrogen) atoms. The molecule has 1 N–H and O–H groups in total. The first-order valence-corrected chi connectivity index (χ1v) is 9.29. The van der Waals surface area contributed by atoms with E-state index in [1.54, 1.807) is 19.3 Å². The van der Waals surface area contributed by atoms with Gasteiger partial charge in [0.1, 0.15) is 19.4 Å². The van der Waals surface area contributed by atoms with Crippen LogP contribution in [0.5, 0.6) is 0 Å². The second-order valence-corrected chi connectivity index (χ2v) is 7.36. The third-order valence-corrected chi connectivity index (χ3v) is 5.34. The van der Waals surface area contributed by atoms with E-state index in [4.69, 9.17) is 12.6 Å².